The van der Waals surface area contributed by atoms with Crippen molar-refractivity contribution in [2.45, 2.75) is 50.8 Å². The van der Waals surface area contributed by atoms with Crippen molar-refractivity contribution in [2.75, 3.05) is 0 Å². The van der Waals surface area contributed by atoms with Crippen LogP contribution in [0.5, 0.6) is 0 Å². The van der Waals surface area contributed by atoms with Gasteiger partial charge in [0.25, 0.3) is 0 Å². The van der Waals surface area contributed by atoms with Crippen LogP contribution < -0.4 is 11.0 Å². The van der Waals surface area contributed by atoms with E-state index in [4.69, 9.17) is 0 Å². The Morgan fingerprint density at radius 3 is 2.80 bits per heavy atom. The summed E-state index contributed by atoms with van der Waals surface area (Å²) in [5.74, 6) is 0. The molecule has 0 bridgehead atoms. The molecule has 20 heavy (non-hydrogen) atoms. The van der Waals surface area contributed by atoms with Crippen LogP contribution in [0.2, 0.25) is 0 Å². The molecule has 1 fully saturated rings. The molecule has 2 aromatic rings. The first-order valence-corrected chi connectivity index (χ1v) is 7.29. The van der Waals surface area contributed by atoms with Gasteiger partial charge in [-0.3, -0.25) is 0 Å². The molecule has 1 aromatic heterocycles. The molecular weight excluding hydrogens is 254 g/mol. The maximum atomic E-state index is 11.3. The number of aromatic amines is 2. The second kappa shape index (κ2) is 5.42. The largest absolute Gasteiger partial charge is 0.392 e. The summed E-state index contributed by atoms with van der Waals surface area (Å²) in [5.41, 5.74) is 2.58. The minimum absolute atomic E-state index is 0.149. The third-order valence-electron chi connectivity index (χ3n) is 4.23. The van der Waals surface area contributed by atoms with Crippen LogP contribution in [-0.2, 0) is 0 Å². The molecule has 1 heterocycles. The van der Waals surface area contributed by atoms with Crippen LogP contribution in [0, 0.1) is 0 Å². The van der Waals surface area contributed by atoms with E-state index in [-0.39, 0.29) is 23.9 Å². The van der Waals surface area contributed by atoms with Gasteiger partial charge in [-0.15, -0.1) is 0 Å². The Kier molecular flexibility index (Phi) is 3.63. The van der Waals surface area contributed by atoms with Gasteiger partial charge in [0.1, 0.15) is 0 Å². The molecule has 3 atom stereocenters. The highest BCUT2D eigenvalue weighted by Crippen LogP contribution is 2.23. The van der Waals surface area contributed by atoms with Crippen LogP contribution >= 0.6 is 0 Å². The number of fused-ring (bicyclic) bond motifs is 1. The Hall–Kier alpha value is -1.59. The Morgan fingerprint density at radius 1 is 1.25 bits per heavy atom. The number of nitrogens with one attached hydrogen (secondary N) is 3. The standard InChI is InChI=1S/C15H21N3O2/c1-9(16-12-4-2-3-5-14(12)19)10-6-7-11-13(8-10)18-15(20)17-11/h6-9,12,14,16,19H,2-5H2,1H3,(H2,17,18,20). The molecular formula is C15H21N3O2. The smallest absolute Gasteiger partial charge is 0.323 e. The number of aliphatic hydroxyl groups excluding tert-OH is 1. The molecule has 1 aliphatic carbocycles. The average molecular weight is 275 g/mol. The summed E-state index contributed by atoms with van der Waals surface area (Å²) in [5, 5.41) is 13.5. The van der Waals surface area contributed by atoms with Crippen molar-refractivity contribution < 1.29 is 5.11 Å². The number of rotatable bonds is 3. The Bertz CT molecular complexity index is 646. The van der Waals surface area contributed by atoms with Gasteiger partial charge in [0.2, 0.25) is 0 Å². The van der Waals surface area contributed by atoms with E-state index in [2.05, 4.69) is 22.2 Å². The Balaban J connectivity index is 1.77. The van der Waals surface area contributed by atoms with Crippen LogP contribution in [-0.4, -0.2) is 27.2 Å². The summed E-state index contributed by atoms with van der Waals surface area (Å²) in [4.78, 5) is 16.8. The van der Waals surface area contributed by atoms with Gasteiger partial charge in [0.15, 0.2) is 0 Å². The molecule has 0 radical (unpaired) electrons. The molecule has 0 saturated heterocycles. The van der Waals surface area contributed by atoms with Gasteiger partial charge < -0.3 is 20.4 Å². The minimum atomic E-state index is -0.248. The maximum absolute atomic E-state index is 11.3. The molecule has 4 N–H and O–H groups in total. The number of aliphatic hydroxyl groups is 1. The van der Waals surface area contributed by atoms with E-state index in [1.165, 1.54) is 6.42 Å². The zero-order chi connectivity index (χ0) is 14.1. The van der Waals surface area contributed by atoms with Crippen molar-refractivity contribution in [3.05, 3.63) is 34.2 Å². The predicted octanol–water partition coefficient (Wildman–Crippen LogP) is 1.81. The van der Waals surface area contributed by atoms with E-state index in [0.717, 1.165) is 35.9 Å². The number of H-pyrrole nitrogens is 2. The SMILES string of the molecule is CC(NC1CCCCC1O)c1ccc2[nH]c(=O)[nH]c2c1. The summed E-state index contributed by atoms with van der Waals surface area (Å²) >= 11 is 0. The zero-order valence-electron chi connectivity index (χ0n) is 11.6. The molecule has 1 saturated carbocycles. The summed E-state index contributed by atoms with van der Waals surface area (Å²) in [6, 6.07) is 6.23. The lowest BCUT2D eigenvalue weighted by molar-refractivity contribution is 0.0860. The lowest BCUT2D eigenvalue weighted by Crippen LogP contribution is -2.43. The molecule has 108 valence electrons. The first kappa shape index (κ1) is 13.4. The van der Waals surface area contributed by atoms with Crippen LogP contribution in [0.15, 0.2) is 23.0 Å². The second-order valence-corrected chi connectivity index (χ2v) is 5.73. The zero-order valence-corrected chi connectivity index (χ0v) is 11.6. The molecule has 0 spiro atoms. The van der Waals surface area contributed by atoms with Crippen molar-refractivity contribution >= 4 is 11.0 Å². The third kappa shape index (κ3) is 2.64. The lowest BCUT2D eigenvalue weighted by atomic mass is 9.91. The fourth-order valence-electron chi connectivity index (χ4n) is 3.04. The number of benzene rings is 1. The van der Waals surface area contributed by atoms with E-state index in [1.54, 1.807) is 0 Å². The van der Waals surface area contributed by atoms with E-state index in [9.17, 15) is 9.90 Å². The third-order valence-corrected chi connectivity index (χ3v) is 4.23. The predicted molar refractivity (Wildman–Crippen MR) is 78.7 cm³/mol. The van der Waals surface area contributed by atoms with Crippen molar-refractivity contribution in [1.82, 2.24) is 15.3 Å². The summed E-state index contributed by atoms with van der Waals surface area (Å²) in [6.45, 7) is 2.09. The van der Waals surface area contributed by atoms with Crippen molar-refractivity contribution in [2.24, 2.45) is 0 Å². The monoisotopic (exact) mass is 275 g/mol. The number of hydrogen-bond donors (Lipinski definition) is 4. The van der Waals surface area contributed by atoms with Crippen molar-refractivity contribution in [3.63, 3.8) is 0 Å². The van der Waals surface area contributed by atoms with Gasteiger partial charge in [-0.2, -0.15) is 0 Å². The van der Waals surface area contributed by atoms with Crippen molar-refractivity contribution in [3.8, 4) is 0 Å². The maximum Gasteiger partial charge on any atom is 0.323 e. The lowest BCUT2D eigenvalue weighted by Gasteiger charge is -2.31. The van der Waals surface area contributed by atoms with Gasteiger partial charge in [-0.1, -0.05) is 18.9 Å². The molecule has 5 heteroatoms. The molecule has 0 amide bonds. The van der Waals surface area contributed by atoms with Crippen LogP contribution in [0.1, 0.15) is 44.2 Å². The Labute approximate surface area is 117 Å². The van der Waals surface area contributed by atoms with E-state index in [0.29, 0.717) is 0 Å². The van der Waals surface area contributed by atoms with Gasteiger partial charge in [-0.05, 0) is 37.5 Å². The minimum Gasteiger partial charge on any atom is -0.392 e. The van der Waals surface area contributed by atoms with Crippen LogP contribution in [0.25, 0.3) is 11.0 Å². The Morgan fingerprint density at radius 2 is 2.00 bits per heavy atom. The highest BCUT2D eigenvalue weighted by Gasteiger charge is 2.24. The first-order valence-electron chi connectivity index (χ1n) is 7.29. The molecule has 1 aromatic carbocycles. The molecule has 3 rings (SSSR count). The fraction of sp³-hybridized carbons (Fsp3) is 0.533. The first-order chi connectivity index (χ1) is 9.63. The highest BCUT2D eigenvalue weighted by atomic mass is 16.3. The quantitative estimate of drug-likeness (QED) is 0.689. The molecule has 5 nitrogen and oxygen atoms in total. The van der Waals surface area contributed by atoms with Crippen molar-refractivity contribution in [1.29, 1.82) is 0 Å². The molecule has 1 aliphatic rings. The van der Waals surface area contributed by atoms with E-state index >= 15 is 0 Å². The van der Waals surface area contributed by atoms with E-state index in [1.807, 2.05) is 18.2 Å². The van der Waals surface area contributed by atoms with Crippen LogP contribution in [0.3, 0.4) is 0 Å². The number of hydrogen-bond acceptors (Lipinski definition) is 3. The van der Waals surface area contributed by atoms with Gasteiger partial charge >= 0.3 is 5.69 Å². The summed E-state index contributed by atoms with van der Waals surface area (Å²) in [7, 11) is 0. The summed E-state index contributed by atoms with van der Waals surface area (Å²) < 4.78 is 0. The van der Waals surface area contributed by atoms with Crippen LogP contribution in [0.4, 0.5) is 0 Å². The highest BCUT2D eigenvalue weighted by molar-refractivity contribution is 5.75. The summed E-state index contributed by atoms with van der Waals surface area (Å²) in [6.07, 6.45) is 3.95. The van der Waals surface area contributed by atoms with Gasteiger partial charge in [-0.25, -0.2) is 4.79 Å². The second-order valence-electron chi connectivity index (χ2n) is 5.73. The van der Waals surface area contributed by atoms with Gasteiger partial charge in [0, 0.05) is 12.1 Å². The molecule has 0 aliphatic heterocycles. The molecule has 3 unspecified atom stereocenters. The number of aromatic nitrogens is 2. The van der Waals surface area contributed by atoms with E-state index < -0.39 is 0 Å². The normalized spacial score (nSPS) is 24.9. The number of imidazole rings is 1. The average Bonchev–Trinajstić information content (AvgIpc) is 2.80. The topological polar surface area (TPSA) is 80.9 Å². The van der Waals surface area contributed by atoms with Gasteiger partial charge in [0.05, 0.1) is 17.1 Å². The fourth-order valence-corrected chi connectivity index (χ4v) is 3.04.